The van der Waals surface area contributed by atoms with Crippen LogP contribution in [0.3, 0.4) is 0 Å². The molecule has 154 valence electrons. The Balaban J connectivity index is 1.40. The number of nitrogens with one attached hydrogen (secondary N) is 2. The van der Waals surface area contributed by atoms with Gasteiger partial charge in [0.1, 0.15) is 10.4 Å². The first-order chi connectivity index (χ1) is 13.8. The van der Waals surface area contributed by atoms with E-state index in [1.807, 2.05) is 19.1 Å². The highest BCUT2D eigenvalue weighted by atomic mass is 32.2. The summed E-state index contributed by atoms with van der Waals surface area (Å²) in [6, 6.07) is 6.54. The third kappa shape index (κ3) is 3.60. The van der Waals surface area contributed by atoms with Crippen molar-refractivity contribution in [3.8, 4) is 0 Å². The number of fused-ring (bicyclic) bond motifs is 1. The molecule has 2 heterocycles. The molecule has 8 nitrogen and oxygen atoms in total. The molecule has 0 radical (unpaired) electrons. The summed E-state index contributed by atoms with van der Waals surface area (Å²) < 4.78 is 28.1. The standard InChI is InChI=1S/C20H24N4O4S/c1-14-12-15-6-4-7-16(17(15)21-13-14)29(27,28)22-10-5-11-24-18(25)20(23-19(24)26)8-2-3-9-20/h4,6-7,12-13,22H,2-3,5,8-11H2,1H3,(H,23,26). The van der Waals surface area contributed by atoms with Gasteiger partial charge in [-0.2, -0.15) is 0 Å². The first-order valence-corrected chi connectivity index (χ1v) is 11.3. The zero-order chi connectivity index (χ0) is 20.6. The number of pyridine rings is 1. The maximum atomic E-state index is 12.7. The SMILES string of the molecule is Cc1cnc2c(S(=O)(=O)NCCCN3C(=O)NC4(CCCC4)C3=O)cccc2c1. The molecule has 0 unspecified atom stereocenters. The molecule has 0 atom stereocenters. The molecule has 1 aromatic carbocycles. The Morgan fingerprint density at radius 3 is 2.76 bits per heavy atom. The van der Waals surface area contributed by atoms with Gasteiger partial charge in [-0.1, -0.05) is 25.0 Å². The molecular weight excluding hydrogens is 392 g/mol. The lowest BCUT2D eigenvalue weighted by Crippen LogP contribution is -2.44. The summed E-state index contributed by atoms with van der Waals surface area (Å²) in [7, 11) is -3.76. The van der Waals surface area contributed by atoms with Crippen LogP contribution in [0.25, 0.3) is 10.9 Å². The second-order valence-corrected chi connectivity index (χ2v) is 9.50. The van der Waals surface area contributed by atoms with E-state index >= 15 is 0 Å². The van der Waals surface area contributed by atoms with Crippen molar-refractivity contribution in [1.29, 1.82) is 0 Å². The van der Waals surface area contributed by atoms with Crippen LogP contribution < -0.4 is 10.0 Å². The van der Waals surface area contributed by atoms with Crippen LogP contribution in [0.5, 0.6) is 0 Å². The fraction of sp³-hybridized carbons (Fsp3) is 0.450. The monoisotopic (exact) mass is 416 g/mol. The van der Waals surface area contributed by atoms with Crippen LogP contribution >= 0.6 is 0 Å². The lowest BCUT2D eigenvalue weighted by atomic mass is 9.98. The van der Waals surface area contributed by atoms with Crippen LogP contribution in [-0.4, -0.2) is 48.9 Å². The molecule has 2 fully saturated rings. The number of nitrogens with zero attached hydrogens (tertiary/aromatic N) is 2. The first-order valence-electron chi connectivity index (χ1n) is 9.82. The maximum Gasteiger partial charge on any atom is 0.325 e. The van der Waals surface area contributed by atoms with Gasteiger partial charge in [0.2, 0.25) is 10.0 Å². The van der Waals surface area contributed by atoms with Crippen molar-refractivity contribution in [2.24, 2.45) is 0 Å². The van der Waals surface area contributed by atoms with E-state index in [1.165, 1.54) is 11.0 Å². The van der Waals surface area contributed by atoms with Crippen molar-refractivity contribution in [2.45, 2.75) is 49.5 Å². The van der Waals surface area contributed by atoms with Gasteiger partial charge < -0.3 is 5.32 Å². The lowest BCUT2D eigenvalue weighted by Gasteiger charge is -2.20. The van der Waals surface area contributed by atoms with E-state index in [0.717, 1.165) is 23.8 Å². The number of urea groups is 1. The van der Waals surface area contributed by atoms with Crippen molar-refractivity contribution in [3.05, 3.63) is 36.0 Å². The fourth-order valence-electron chi connectivity index (χ4n) is 4.18. The number of carbonyl (C=O) groups excluding carboxylic acids is 2. The average Bonchev–Trinajstić information content (AvgIpc) is 3.24. The van der Waals surface area contributed by atoms with E-state index in [0.29, 0.717) is 24.8 Å². The Kier molecular flexibility index (Phi) is 5.04. The van der Waals surface area contributed by atoms with Gasteiger partial charge in [-0.15, -0.1) is 0 Å². The summed E-state index contributed by atoms with van der Waals surface area (Å²) in [5.74, 6) is -0.184. The Morgan fingerprint density at radius 2 is 2.00 bits per heavy atom. The quantitative estimate of drug-likeness (QED) is 0.554. The predicted molar refractivity (Wildman–Crippen MR) is 108 cm³/mol. The minimum atomic E-state index is -3.76. The molecule has 29 heavy (non-hydrogen) atoms. The van der Waals surface area contributed by atoms with Gasteiger partial charge in [0.15, 0.2) is 0 Å². The number of aromatic nitrogens is 1. The van der Waals surface area contributed by atoms with Crippen LogP contribution in [0.15, 0.2) is 35.4 Å². The number of amides is 3. The van der Waals surface area contributed by atoms with Gasteiger partial charge in [-0.25, -0.2) is 17.9 Å². The number of imide groups is 1. The minimum absolute atomic E-state index is 0.120. The van der Waals surface area contributed by atoms with Crippen molar-refractivity contribution >= 4 is 32.9 Å². The zero-order valence-electron chi connectivity index (χ0n) is 16.3. The van der Waals surface area contributed by atoms with Gasteiger partial charge in [-0.3, -0.25) is 14.7 Å². The molecule has 1 saturated heterocycles. The summed E-state index contributed by atoms with van der Waals surface area (Å²) in [5, 5.41) is 3.59. The number of benzene rings is 1. The number of para-hydroxylation sites is 1. The third-order valence-electron chi connectivity index (χ3n) is 5.65. The molecule has 4 rings (SSSR count). The normalized spacial score (nSPS) is 18.7. The molecular formula is C20H24N4O4S. The lowest BCUT2D eigenvalue weighted by molar-refractivity contribution is -0.131. The molecule has 2 aliphatic rings. The highest BCUT2D eigenvalue weighted by molar-refractivity contribution is 7.89. The second kappa shape index (κ2) is 7.38. The summed E-state index contributed by atoms with van der Waals surface area (Å²) in [5.41, 5.74) is 0.639. The Bertz CT molecular complexity index is 1080. The Morgan fingerprint density at radius 1 is 1.24 bits per heavy atom. The molecule has 2 N–H and O–H groups in total. The molecule has 2 aromatic rings. The molecule has 9 heteroatoms. The predicted octanol–water partition coefficient (Wildman–Crippen LogP) is 2.08. The van der Waals surface area contributed by atoms with Crippen molar-refractivity contribution in [2.75, 3.05) is 13.1 Å². The van der Waals surface area contributed by atoms with Crippen LogP contribution in [0, 0.1) is 6.92 Å². The summed E-state index contributed by atoms with van der Waals surface area (Å²) in [4.78, 5) is 30.4. The van der Waals surface area contributed by atoms with Crippen molar-refractivity contribution < 1.29 is 18.0 Å². The van der Waals surface area contributed by atoms with Crippen LogP contribution in [-0.2, 0) is 14.8 Å². The van der Waals surface area contributed by atoms with Crippen LogP contribution in [0.4, 0.5) is 4.79 Å². The van der Waals surface area contributed by atoms with Crippen molar-refractivity contribution in [1.82, 2.24) is 19.9 Å². The van der Waals surface area contributed by atoms with Crippen LogP contribution in [0.1, 0.15) is 37.7 Å². The van der Waals surface area contributed by atoms with Gasteiger partial charge in [0.25, 0.3) is 5.91 Å². The number of aryl methyl sites for hydroxylation is 1. The Labute approximate surface area is 169 Å². The van der Waals surface area contributed by atoms with Gasteiger partial charge in [-0.05, 0) is 43.9 Å². The van der Waals surface area contributed by atoms with E-state index in [2.05, 4.69) is 15.0 Å². The van der Waals surface area contributed by atoms with Gasteiger partial charge >= 0.3 is 6.03 Å². The van der Waals surface area contributed by atoms with Gasteiger partial charge in [0, 0.05) is 24.7 Å². The topological polar surface area (TPSA) is 108 Å². The van der Waals surface area contributed by atoms with Crippen LogP contribution in [0.2, 0.25) is 0 Å². The molecule has 0 bridgehead atoms. The van der Waals surface area contributed by atoms with Gasteiger partial charge in [0.05, 0.1) is 5.52 Å². The van der Waals surface area contributed by atoms with Crippen molar-refractivity contribution in [3.63, 3.8) is 0 Å². The van der Waals surface area contributed by atoms with E-state index in [9.17, 15) is 18.0 Å². The molecule has 1 aliphatic carbocycles. The van der Waals surface area contributed by atoms with E-state index in [1.54, 1.807) is 12.3 Å². The highest BCUT2D eigenvalue weighted by Gasteiger charge is 2.51. The first kappa shape index (κ1) is 19.8. The fourth-order valence-corrected chi connectivity index (χ4v) is 5.43. The average molecular weight is 417 g/mol. The molecule has 1 saturated carbocycles. The number of hydrogen-bond donors (Lipinski definition) is 2. The molecule has 1 aromatic heterocycles. The Hall–Kier alpha value is -2.52. The van der Waals surface area contributed by atoms with E-state index < -0.39 is 15.6 Å². The summed E-state index contributed by atoms with van der Waals surface area (Å²) in [6.45, 7) is 2.20. The molecule has 1 aliphatic heterocycles. The maximum absolute atomic E-state index is 12.7. The number of hydrogen-bond acceptors (Lipinski definition) is 5. The molecule has 1 spiro atoms. The minimum Gasteiger partial charge on any atom is -0.323 e. The number of carbonyl (C=O) groups is 2. The summed E-state index contributed by atoms with van der Waals surface area (Å²) >= 11 is 0. The second-order valence-electron chi connectivity index (χ2n) is 7.77. The molecule has 3 amide bonds. The van der Waals surface area contributed by atoms with E-state index in [4.69, 9.17) is 0 Å². The number of sulfonamides is 1. The smallest absolute Gasteiger partial charge is 0.323 e. The largest absolute Gasteiger partial charge is 0.325 e. The number of rotatable bonds is 6. The van der Waals surface area contributed by atoms with E-state index in [-0.39, 0.29) is 29.9 Å². The summed E-state index contributed by atoms with van der Waals surface area (Å²) in [6.07, 6.45) is 5.18. The third-order valence-corrected chi connectivity index (χ3v) is 7.15. The highest BCUT2D eigenvalue weighted by Crippen LogP contribution is 2.35. The zero-order valence-corrected chi connectivity index (χ0v) is 17.1.